The number of carbonyl (C=O) groups is 2. The molecule has 0 fully saturated rings. The van der Waals surface area contributed by atoms with E-state index in [2.05, 4.69) is 10.4 Å². The van der Waals surface area contributed by atoms with Gasteiger partial charge in [-0.15, -0.1) is 11.3 Å². The molecule has 0 unspecified atom stereocenters. The zero-order valence-corrected chi connectivity index (χ0v) is 15.9. The van der Waals surface area contributed by atoms with Crippen LogP contribution in [0.3, 0.4) is 0 Å². The molecule has 0 aliphatic rings. The lowest BCUT2D eigenvalue weighted by Crippen LogP contribution is -2.30. The first-order valence-electron chi connectivity index (χ1n) is 8.30. The maximum absolute atomic E-state index is 12.3. The number of likely N-dealkylation sites (N-methyl/N-ethyl adjacent to an activating group) is 1. The number of nitrogens with zero attached hydrogens (tertiary/aromatic N) is 3. The highest BCUT2D eigenvalue weighted by atomic mass is 32.1. The van der Waals surface area contributed by atoms with Crippen molar-refractivity contribution in [1.29, 1.82) is 0 Å². The average molecular weight is 384 g/mol. The van der Waals surface area contributed by atoms with Gasteiger partial charge in [0.15, 0.2) is 0 Å². The number of amides is 1. The predicted molar refractivity (Wildman–Crippen MR) is 104 cm³/mol. The van der Waals surface area contributed by atoms with Crippen molar-refractivity contribution in [3.8, 4) is 5.69 Å². The third kappa shape index (κ3) is 4.81. The number of methoxy groups -OCH3 is 1. The fourth-order valence-electron chi connectivity index (χ4n) is 2.62. The Morgan fingerprint density at radius 1 is 1.26 bits per heavy atom. The third-order valence-corrected chi connectivity index (χ3v) is 4.73. The molecule has 8 heteroatoms. The molecule has 7 nitrogen and oxygen atoms in total. The van der Waals surface area contributed by atoms with Gasteiger partial charge in [0.1, 0.15) is 4.88 Å². The monoisotopic (exact) mass is 384 g/mol. The number of esters is 1. The lowest BCUT2D eigenvalue weighted by Gasteiger charge is -2.15. The van der Waals surface area contributed by atoms with Crippen molar-refractivity contribution in [1.82, 2.24) is 14.7 Å². The van der Waals surface area contributed by atoms with E-state index in [0.29, 0.717) is 17.1 Å². The van der Waals surface area contributed by atoms with Crippen LogP contribution in [0, 0.1) is 0 Å². The van der Waals surface area contributed by atoms with E-state index in [1.807, 2.05) is 48.5 Å². The van der Waals surface area contributed by atoms with E-state index >= 15 is 0 Å². The second-order valence-corrected chi connectivity index (χ2v) is 6.92. The minimum atomic E-state index is -0.456. The molecule has 3 rings (SSSR count). The van der Waals surface area contributed by atoms with Crippen LogP contribution < -0.4 is 5.32 Å². The fraction of sp³-hybridized carbons (Fsp3) is 0.211. The number of anilines is 1. The topological polar surface area (TPSA) is 76.5 Å². The number of para-hydroxylation sites is 1. The Labute approximate surface area is 161 Å². The number of hydrogen-bond acceptors (Lipinski definition) is 6. The Morgan fingerprint density at radius 3 is 2.78 bits per heavy atom. The van der Waals surface area contributed by atoms with Gasteiger partial charge in [0.05, 0.1) is 31.2 Å². The lowest BCUT2D eigenvalue weighted by atomic mass is 10.3. The van der Waals surface area contributed by atoms with Crippen LogP contribution >= 0.6 is 11.3 Å². The molecule has 1 aromatic carbocycles. The highest BCUT2D eigenvalue weighted by Gasteiger charge is 2.16. The van der Waals surface area contributed by atoms with Crippen molar-refractivity contribution in [3.05, 3.63) is 64.6 Å². The summed E-state index contributed by atoms with van der Waals surface area (Å²) in [6, 6.07) is 11.5. The Hall–Kier alpha value is -2.97. The third-order valence-electron chi connectivity index (χ3n) is 3.83. The summed E-state index contributed by atoms with van der Waals surface area (Å²) >= 11 is 1.23. The van der Waals surface area contributed by atoms with Crippen LogP contribution in [0.5, 0.6) is 0 Å². The Balaban J connectivity index is 1.56. The standard InChI is InChI=1S/C19H20N4O3S/c1-22(11-14-10-20-23(12-14)15-6-4-3-5-7-15)13-17(24)21-16-8-9-27-18(16)19(25)26-2/h3-10,12H,11,13H2,1-2H3,(H,21,24). The maximum Gasteiger partial charge on any atom is 0.350 e. The molecule has 2 heterocycles. The summed E-state index contributed by atoms with van der Waals surface area (Å²) in [6.07, 6.45) is 3.73. The van der Waals surface area contributed by atoms with Crippen LogP contribution in [0.1, 0.15) is 15.2 Å². The smallest absolute Gasteiger partial charge is 0.350 e. The zero-order valence-electron chi connectivity index (χ0n) is 15.1. The first-order valence-corrected chi connectivity index (χ1v) is 9.18. The van der Waals surface area contributed by atoms with E-state index in [-0.39, 0.29) is 12.5 Å². The number of hydrogen-bond donors (Lipinski definition) is 1. The molecule has 1 amide bonds. The summed E-state index contributed by atoms with van der Waals surface area (Å²) in [5.41, 5.74) is 2.46. The van der Waals surface area contributed by atoms with E-state index in [4.69, 9.17) is 4.74 Å². The number of thiophene rings is 1. The van der Waals surface area contributed by atoms with Gasteiger partial charge in [-0.3, -0.25) is 9.69 Å². The van der Waals surface area contributed by atoms with Gasteiger partial charge in [0.25, 0.3) is 0 Å². The SMILES string of the molecule is COC(=O)c1sccc1NC(=O)CN(C)Cc1cnn(-c2ccccc2)c1. The van der Waals surface area contributed by atoms with Crippen LogP contribution in [-0.4, -0.2) is 47.3 Å². The summed E-state index contributed by atoms with van der Waals surface area (Å²) in [5, 5.41) is 8.86. The number of nitrogens with one attached hydrogen (secondary N) is 1. The Kier molecular flexibility index (Phi) is 6.00. The van der Waals surface area contributed by atoms with Crippen LogP contribution in [-0.2, 0) is 16.1 Å². The van der Waals surface area contributed by atoms with Crippen molar-refractivity contribution in [2.45, 2.75) is 6.54 Å². The van der Waals surface area contributed by atoms with Gasteiger partial charge >= 0.3 is 5.97 Å². The zero-order chi connectivity index (χ0) is 19.2. The molecular formula is C19H20N4O3S. The quantitative estimate of drug-likeness (QED) is 0.634. The van der Waals surface area contributed by atoms with E-state index in [0.717, 1.165) is 11.3 Å². The Bertz CT molecular complexity index is 920. The van der Waals surface area contributed by atoms with Crippen LogP contribution in [0.2, 0.25) is 0 Å². The van der Waals surface area contributed by atoms with Gasteiger partial charge in [-0.1, -0.05) is 18.2 Å². The van der Waals surface area contributed by atoms with Gasteiger partial charge in [-0.25, -0.2) is 9.48 Å². The predicted octanol–water partition coefficient (Wildman–Crippen LogP) is 2.79. The minimum absolute atomic E-state index is 0.187. The van der Waals surface area contributed by atoms with Gasteiger partial charge < -0.3 is 10.1 Å². The average Bonchev–Trinajstić information content (AvgIpc) is 3.31. The van der Waals surface area contributed by atoms with E-state index in [9.17, 15) is 9.59 Å². The van der Waals surface area contributed by atoms with Gasteiger partial charge in [-0.2, -0.15) is 5.10 Å². The summed E-state index contributed by atoms with van der Waals surface area (Å²) in [5.74, 6) is -0.654. The molecule has 0 aliphatic carbocycles. The molecule has 27 heavy (non-hydrogen) atoms. The molecule has 2 aromatic heterocycles. The van der Waals surface area contributed by atoms with Gasteiger partial charge in [0.2, 0.25) is 5.91 Å². The van der Waals surface area contributed by atoms with Crippen molar-refractivity contribution < 1.29 is 14.3 Å². The van der Waals surface area contributed by atoms with E-state index < -0.39 is 5.97 Å². The summed E-state index contributed by atoms with van der Waals surface area (Å²) in [7, 11) is 3.17. The molecule has 0 saturated heterocycles. The number of rotatable bonds is 7. The summed E-state index contributed by atoms with van der Waals surface area (Å²) < 4.78 is 6.52. The fourth-order valence-corrected chi connectivity index (χ4v) is 3.39. The normalized spacial score (nSPS) is 10.8. The molecule has 0 bridgehead atoms. The van der Waals surface area contributed by atoms with E-state index in [1.54, 1.807) is 22.3 Å². The molecule has 0 saturated carbocycles. The first-order chi connectivity index (χ1) is 13.1. The minimum Gasteiger partial charge on any atom is -0.465 e. The van der Waals surface area contributed by atoms with Crippen LogP contribution in [0.25, 0.3) is 5.69 Å². The molecule has 0 spiro atoms. The molecule has 3 aromatic rings. The molecule has 0 aliphatic heterocycles. The number of benzene rings is 1. The summed E-state index contributed by atoms with van der Waals surface area (Å²) in [4.78, 5) is 26.2. The van der Waals surface area contributed by atoms with Crippen molar-refractivity contribution in [3.63, 3.8) is 0 Å². The van der Waals surface area contributed by atoms with Crippen molar-refractivity contribution >= 4 is 28.9 Å². The van der Waals surface area contributed by atoms with E-state index in [1.165, 1.54) is 18.4 Å². The van der Waals surface area contributed by atoms with Gasteiger partial charge in [0, 0.05) is 18.3 Å². The molecular weight excluding hydrogens is 364 g/mol. The first kappa shape index (κ1) is 18.8. The highest BCUT2D eigenvalue weighted by molar-refractivity contribution is 7.12. The highest BCUT2D eigenvalue weighted by Crippen LogP contribution is 2.23. The number of ether oxygens (including phenoxy) is 1. The molecule has 0 atom stereocenters. The van der Waals surface area contributed by atoms with Crippen molar-refractivity contribution in [2.75, 3.05) is 26.0 Å². The molecule has 0 radical (unpaired) electrons. The maximum atomic E-state index is 12.3. The van der Waals surface area contributed by atoms with Crippen molar-refractivity contribution in [2.24, 2.45) is 0 Å². The molecule has 1 N–H and O–H groups in total. The number of aromatic nitrogens is 2. The second kappa shape index (κ2) is 8.61. The van der Waals surface area contributed by atoms with Crippen LogP contribution in [0.15, 0.2) is 54.2 Å². The second-order valence-electron chi connectivity index (χ2n) is 6.00. The lowest BCUT2D eigenvalue weighted by molar-refractivity contribution is -0.117. The largest absolute Gasteiger partial charge is 0.465 e. The number of carbonyl (C=O) groups excluding carboxylic acids is 2. The Morgan fingerprint density at radius 2 is 2.04 bits per heavy atom. The van der Waals surface area contributed by atoms with Crippen LogP contribution in [0.4, 0.5) is 5.69 Å². The van der Waals surface area contributed by atoms with Gasteiger partial charge in [-0.05, 0) is 30.6 Å². The molecule has 140 valence electrons. The summed E-state index contributed by atoms with van der Waals surface area (Å²) in [6.45, 7) is 0.765.